The molecule has 2 saturated heterocycles. The molecule has 2 heterocycles. The number of hydrogen-bond acceptors (Lipinski definition) is 5. The molecule has 0 aliphatic carbocycles. The number of anilines is 1. The zero-order chi connectivity index (χ0) is 22.4. The van der Waals surface area contributed by atoms with Crippen LogP contribution in [0.4, 0.5) is 5.69 Å². The van der Waals surface area contributed by atoms with Gasteiger partial charge in [0.15, 0.2) is 0 Å². The van der Waals surface area contributed by atoms with Crippen molar-refractivity contribution < 1.29 is 19.1 Å². The highest BCUT2D eigenvalue weighted by atomic mass is 16.5. The van der Waals surface area contributed by atoms with Gasteiger partial charge in [0.25, 0.3) is 0 Å². The number of hydrogen-bond donors (Lipinski definition) is 0. The van der Waals surface area contributed by atoms with Crippen molar-refractivity contribution >= 4 is 23.4 Å². The maximum Gasteiger partial charge on any atom is 0.236 e. The SMILES string of the molecule is CCOc1ccccc1N1CC(C(=O)N2CCN(CC(=O)N(CC)CC)CC2)CC1=O. The van der Waals surface area contributed by atoms with Crippen molar-refractivity contribution in [3.8, 4) is 5.75 Å². The summed E-state index contributed by atoms with van der Waals surface area (Å²) in [6.45, 7) is 11.1. The Morgan fingerprint density at radius 2 is 1.74 bits per heavy atom. The summed E-state index contributed by atoms with van der Waals surface area (Å²) in [6.07, 6.45) is 0.222. The first kappa shape index (κ1) is 23.1. The van der Waals surface area contributed by atoms with Crippen molar-refractivity contribution in [2.75, 3.05) is 63.9 Å². The number of likely N-dealkylation sites (N-methyl/N-ethyl adjacent to an activating group) is 1. The molecule has 0 saturated carbocycles. The standard InChI is InChI=1S/C23H34N4O4/c1-4-25(5-2)22(29)17-24-11-13-26(14-12-24)23(30)18-15-21(28)27(16-18)19-9-7-8-10-20(19)31-6-3/h7-10,18H,4-6,11-17H2,1-3H3. The fourth-order valence-corrected chi connectivity index (χ4v) is 4.32. The lowest BCUT2D eigenvalue weighted by atomic mass is 10.1. The molecule has 3 amide bonds. The molecule has 31 heavy (non-hydrogen) atoms. The van der Waals surface area contributed by atoms with Crippen LogP contribution in [0.3, 0.4) is 0 Å². The van der Waals surface area contributed by atoms with Gasteiger partial charge in [0.05, 0.1) is 24.8 Å². The quantitative estimate of drug-likeness (QED) is 0.624. The van der Waals surface area contributed by atoms with Crippen LogP contribution in [0.25, 0.3) is 0 Å². The number of benzene rings is 1. The van der Waals surface area contributed by atoms with Gasteiger partial charge in [-0.15, -0.1) is 0 Å². The molecule has 2 aliphatic rings. The summed E-state index contributed by atoms with van der Waals surface area (Å²) in [5.41, 5.74) is 0.726. The van der Waals surface area contributed by atoms with Gasteiger partial charge in [0, 0.05) is 52.2 Å². The second-order valence-corrected chi connectivity index (χ2v) is 7.97. The van der Waals surface area contributed by atoms with Gasteiger partial charge in [-0.3, -0.25) is 19.3 Å². The molecule has 1 aromatic carbocycles. The van der Waals surface area contributed by atoms with Crippen molar-refractivity contribution in [3.63, 3.8) is 0 Å². The third-order valence-corrected chi connectivity index (χ3v) is 6.09. The van der Waals surface area contributed by atoms with Gasteiger partial charge < -0.3 is 19.4 Å². The highest BCUT2D eigenvalue weighted by Crippen LogP contribution is 2.33. The van der Waals surface area contributed by atoms with Crippen molar-refractivity contribution in [2.45, 2.75) is 27.2 Å². The predicted molar refractivity (Wildman–Crippen MR) is 119 cm³/mol. The van der Waals surface area contributed by atoms with Crippen LogP contribution in [0.2, 0.25) is 0 Å². The Balaban J connectivity index is 1.55. The molecule has 170 valence electrons. The van der Waals surface area contributed by atoms with Gasteiger partial charge in [-0.1, -0.05) is 12.1 Å². The van der Waals surface area contributed by atoms with Crippen LogP contribution >= 0.6 is 0 Å². The highest BCUT2D eigenvalue weighted by Gasteiger charge is 2.38. The van der Waals surface area contributed by atoms with E-state index in [2.05, 4.69) is 4.90 Å². The van der Waals surface area contributed by atoms with Crippen LogP contribution in [-0.4, -0.2) is 91.4 Å². The summed E-state index contributed by atoms with van der Waals surface area (Å²) in [7, 11) is 0. The normalized spacial score (nSPS) is 19.6. The molecule has 0 N–H and O–H groups in total. The maximum atomic E-state index is 13.1. The van der Waals surface area contributed by atoms with E-state index in [-0.39, 0.29) is 30.1 Å². The van der Waals surface area contributed by atoms with E-state index in [1.807, 2.05) is 54.8 Å². The van der Waals surface area contributed by atoms with E-state index in [1.165, 1.54) is 0 Å². The number of piperazine rings is 1. The zero-order valence-electron chi connectivity index (χ0n) is 18.9. The van der Waals surface area contributed by atoms with E-state index in [0.717, 1.165) is 5.69 Å². The number of para-hydroxylation sites is 2. The molecule has 2 aliphatic heterocycles. The molecule has 2 fully saturated rings. The minimum Gasteiger partial charge on any atom is -0.492 e. The van der Waals surface area contributed by atoms with Gasteiger partial charge in [0.2, 0.25) is 17.7 Å². The van der Waals surface area contributed by atoms with E-state index >= 15 is 0 Å². The molecule has 8 heteroatoms. The van der Waals surface area contributed by atoms with Crippen molar-refractivity contribution in [1.82, 2.24) is 14.7 Å². The van der Waals surface area contributed by atoms with Crippen LogP contribution in [-0.2, 0) is 14.4 Å². The maximum absolute atomic E-state index is 13.1. The Bertz CT molecular complexity index is 788. The van der Waals surface area contributed by atoms with E-state index < -0.39 is 0 Å². The minimum absolute atomic E-state index is 0.0273. The average Bonchev–Trinajstić information content (AvgIpc) is 3.16. The lowest BCUT2D eigenvalue weighted by Crippen LogP contribution is -2.52. The first-order chi connectivity index (χ1) is 15.0. The topological polar surface area (TPSA) is 73.4 Å². The molecular formula is C23H34N4O4. The Morgan fingerprint density at radius 1 is 1.06 bits per heavy atom. The Kier molecular flexibility index (Phi) is 7.90. The molecule has 0 radical (unpaired) electrons. The largest absolute Gasteiger partial charge is 0.492 e. The number of rotatable bonds is 8. The van der Waals surface area contributed by atoms with Gasteiger partial charge in [-0.25, -0.2) is 0 Å². The molecule has 0 spiro atoms. The van der Waals surface area contributed by atoms with Gasteiger partial charge in [-0.2, -0.15) is 0 Å². The van der Waals surface area contributed by atoms with Crippen molar-refractivity contribution in [3.05, 3.63) is 24.3 Å². The summed E-state index contributed by atoms with van der Waals surface area (Å²) in [4.78, 5) is 45.5. The lowest BCUT2D eigenvalue weighted by molar-refractivity contribution is -0.138. The second kappa shape index (κ2) is 10.6. The average molecular weight is 431 g/mol. The first-order valence-corrected chi connectivity index (χ1v) is 11.3. The number of ether oxygens (including phenoxy) is 1. The van der Waals surface area contributed by atoms with Crippen LogP contribution in [0.5, 0.6) is 5.75 Å². The first-order valence-electron chi connectivity index (χ1n) is 11.3. The summed E-state index contributed by atoms with van der Waals surface area (Å²) < 4.78 is 5.66. The molecule has 3 rings (SSSR count). The predicted octanol–water partition coefficient (Wildman–Crippen LogP) is 1.45. The number of nitrogens with zero attached hydrogens (tertiary/aromatic N) is 4. The molecule has 1 aromatic rings. The third kappa shape index (κ3) is 5.36. The second-order valence-electron chi connectivity index (χ2n) is 7.97. The summed E-state index contributed by atoms with van der Waals surface area (Å²) >= 11 is 0. The fourth-order valence-electron chi connectivity index (χ4n) is 4.32. The summed E-state index contributed by atoms with van der Waals surface area (Å²) in [5.74, 6) is 0.437. The number of carbonyl (C=O) groups excluding carboxylic acids is 3. The fraction of sp³-hybridized carbons (Fsp3) is 0.609. The van der Waals surface area contributed by atoms with Gasteiger partial charge in [-0.05, 0) is 32.9 Å². The van der Waals surface area contributed by atoms with Crippen molar-refractivity contribution in [1.29, 1.82) is 0 Å². The molecule has 1 atom stereocenters. The van der Waals surface area contributed by atoms with Crippen molar-refractivity contribution in [2.24, 2.45) is 5.92 Å². The Hall–Kier alpha value is -2.61. The van der Waals surface area contributed by atoms with Crippen LogP contribution in [0.1, 0.15) is 27.2 Å². The molecular weight excluding hydrogens is 396 g/mol. The Labute approximate surface area is 184 Å². The number of carbonyl (C=O) groups is 3. The zero-order valence-corrected chi connectivity index (χ0v) is 18.9. The number of amides is 3. The van der Waals surface area contributed by atoms with E-state index in [4.69, 9.17) is 4.74 Å². The molecule has 1 unspecified atom stereocenters. The van der Waals surface area contributed by atoms with Gasteiger partial charge >= 0.3 is 0 Å². The van der Waals surface area contributed by atoms with Crippen LogP contribution in [0, 0.1) is 5.92 Å². The summed E-state index contributed by atoms with van der Waals surface area (Å²) in [6, 6.07) is 7.46. The minimum atomic E-state index is -0.342. The van der Waals surface area contributed by atoms with Crippen LogP contribution in [0.15, 0.2) is 24.3 Å². The summed E-state index contributed by atoms with van der Waals surface area (Å²) in [5, 5.41) is 0. The van der Waals surface area contributed by atoms with E-state index in [0.29, 0.717) is 64.7 Å². The van der Waals surface area contributed by atoms with E-state index in [9.17, 15) is 14.4 Å². The van der Waals surface area contributed by atoms with Gasteiger partial charge in [0.1, 0.15) is 5.75 Å². The molecule has 0 aromatic heterocycles. The lowest BCUT2D eigenvalue weighted by Gasteiger charge is -2.36. The molecule has 0 bridgehead atoms. The Morgan fingerprint density at radius 3 is 2.39 bits per heavy atom. The smallest absolute Gasteiger partial charge is 0.236 e. The third-order valence-electron chi connectivity index (χ3n) is 6.09. The monoisotopic (exact) mass is 430 g/mol. The molecule has 8 nitrogen and oxygen atoms in total. The van der Waals surface area contributed by atoms with Crippen LogP contribution < -0.4 is 9.64 Å². The highest BCUT2D eigenvalue weighted by molar-refractivity contribution is 6.01. The van der Waals surface area contributed by atoms with E-state index in [1.54, 1.807) is 4.90 Å².